The molecule has 0 saturated heterocycles. The SMILES string of the molecule is Cc1ccc(OCC(=O)N(Cc2ccc(Cl)cc2)C(C)C(=O)NC(C)C)cc1. The Kier molecular flexibility index (Phi) is 7.88. The molecule has 0 radical (unpaired) electrons. The van der Waals surface area contributed by atoms with E-state index in [1.54, 1.807) is 19.1 Å². The summed E-state index contributed by atoms with van der Waals surface area (Å²) in [4.78, 5) is 26.9. The van der Waals surface area contributed by atoms with Gasteiger partial charge >= 0.3 is 0 Å². The Labute approximate surface area is 171 Å². The molecule has 6 heteroatoms. The number of benzene rings is 2. The second-order valence-corrected chi connectivity index (χ2v) is 7.53. The van der Waals surface area contributed by atoms with E-state index in [9.17, 15) is 9.59 Å². The molecule has 0 aromatic heterocycles. The summed E-state index contributed by atoms with van der Waals surface area (Å²) in [5.41, 5.74) is 2.00. The zero-order valence-corrected chi connectivity index (χ0v) is 17.5. The molecule has 0 spiro atoms. The summed E-state index contributed by atoms with van der Waals surface area (Å²) in [5.74, 6) is 0.152. The highest BCUT2D eigenvalue weighted by atomic mass is 35.5. The third-order valence-corrected chi connectivity index (χ3v) is 4.50. The molecule has 1 N–H and O–H groups in total. The maximum absolute atomic E-state index is 12.9. The lowest BCUT2D eigenvalue weighted by Crippen LogP contribution is -2.50. The first-order chi connectivity index (χ1) is 13.3. The molecular formula is C22H27ClN2O3. The van der Waals surface area contributed by atoms with Crippen molar-refractivity contribution >= 4 is 23.4 Å². The highest BCUT2D eigenvalue weighted by Crippen LogP contribution is 2.15. The average Bonchev–Trinajstić information content (AvgIpc) is 2.65. The fraction of sp³-hybridized carbons (Fsp3) is 0.364. The molecule has 0 aliphatic rings. The monoisotopic (exact) mass is 402 g/mol. The van der Waals surface area contributed by atoms with Crippen LogP contribution in [0.3, 0.4) is 0 Å². The third kappa shape index (κ3) is 6.57. The molecule has 2 amide bonds. The standard InChI is InChI=1S/C22H27ClN2O3/c1-15(2)24-22(27)17(4)25(13-18-7-9-19(23)10-8-18)21(26)14-28-20-11-5-16(3)6-12-20/h5-12,15,17H,13-14H2,1-4H3,(H,24,27). The molecule has 2 aromatic rings. The van der Waals surface area contributed by atoms with Crippen molar-refractivity contribution in [2.75, 3.05) is 6.61 Å². The zero-order chi connectivity index (χ0) is 20.7. The molecule has 0 saturated carbocycles. The number of nitrogens with zero attached hydrogens (tertiary/aromatic N) is 1. The molecule has 28 heavy (non-hydrogen) atoms. The van der Waals surface area contributed by atoms with E-state index in [0.717, 1.165) is 11.1 Å². The average molecular weight is 403 g/mol. The molecule has 5 nitrogen and oxygen atoms in total. The number of hydrogen-bond acceptors (Lipinski definition) is 3. The van der Waals surface area contributed by atoms with Crippen molar-refractivity contribution in [3.05, 3.63) is 64.7 Å². The van der Waals surface area contributed by atoms with Gasteiger partial charge in [0.2, 0.25) is 5.91 Å². The number of nitrogens with one attached hydrogen (secondary N) is 1. The predicted molar refractivity (Wildman–Crippen MR) is 111 cm³/mol. The van der Waals surface area contributed by atoms with Gasteiger partial charge in [-0.2, -0.15) is 0 Å². The molecule has 150 valence electrons. The van der Waals surface area contributed by atoms with E-state index in [1.165, 1.54) is 4.90 Å². The highest BCUT2D eigenvalue weighted by molar-refractivity contribution is 6.30. The number of halogens is 1. The minimum atomic E-state index is -0.632. The van der Waals surface area contributed by atoms with Crippen LogP contribution in [0.2, 0.25) is 5.02 Å². The van der Waals surface area contributed by atoms with Crippen LogP contribution in [0.25, 0.3) is 0 Å². The van der Waals surface area contributed by atoms with E-state index < -0.39 is 6.04 Å². The second kappa shape index (κ2) is 10.1. The van der Waals surface area contributed by atoms with Crippen LogP contribution in [0.4, 0.5) is 0 Å². The molecular weight excluding hydrogens is 376 g/mol. The van der Waals surface area contributed by atoms with Crippen molar-refractivity contribution in [1.82, 2.24) is 10.2 Å². The maximum Gasteiger partial charge on any atom is 0.261 e. The van der Waals surface area contributed by atoms with Crippen LogP contribution in [0.1, 0.15) is 31.9 Å². The number of rotatable bonds is 8. The first kappa shape index (κ1) is 21.8. The lowest BCUT2D eigenvalue weighted by atomic mass is 10.1. The number of hydrogen-bond donors (Lipinski definition) is 1. The molecule has 0 heterocycles. The second-order valence-electron chi connectivity index (χ2n) is 7.09. The Bertz CT molecular complexity index is 788. The van der Waals surface area contributed by atoms with Crippen LogP contribution in [0.5, 0.6) is 5.75 Å². The fourth-order valence-corrected chi connectivity index (χ4v) is 2.76. The van der Waals surface area contributed by atoms with Gasteiger partial charge in [0, 0.05) is 17.6 Å². The van der Waals surface area contributed by atoms with Crippen molar-refractivity contribution in [2.24, 2.45) is 0 Å². The zero-order valence-electron chi connectivity index (χ0n) is 16.7. The number of ether oxygens (including phenoxy) is 1. The lowest BCUT2D eigenvalue weighted by molar-refractivity contribution is -0.142. The smallest absolute Gasteiger partial charge is 0.261 e. The Hall–Kier alpha value is -2.53. The van der Waals surface area contributed by atoms with Crippen LogP contribution >= 0.6 is 11.6 Å². The number of aryl methyl sites for hydroxylation is 1. The van der Waals surface area contributed by atoms with Crippen LogP contribution in [0, 0.1) is 6.92 Å². The van der Waals surface area contributed by atoms with E-state index >= 15 is 0 Å². The van der Waals surface area contributed by atoms with Crippen molar-refractivity contribution in [2.45, 2.75) is 46.3 Å². The summed E-state index contributed by atoms with van der Waals surface area (Å²) in [6, 6.07) is 14.1. The van der Waals surface area contributed by atoms with Gasteiger partial charge in [-0.05, 0) is 57.5 Å². The molecule has 0 bridgehead atoms. The van der Waals surface area contributed by atoms with Gasteiger partial charge in [0.05, 0.1) is 0 Å². The number of amides is 2. The van der Waals surface area contributed by atoms with Crippen LogP contribution in [-0.2, 0) is 16.1 Å². The van der Waals surface area contributed by atoms with Gasteiger partial charge in [0.1, 0.15) is 11.8 Å². The highest BCUT2D eigenvalue weighted by Gasteiger charge is 2.26. The molecule has 0 aliphatic carbocycles. The Morgan fingerprint density at radius 1 is 1.04 bits per heavy atom. The number of carbonyl (C=O) groups excluding carboxylic acids is 2. The summed E-state index contributed by atoms with van der Waals surface area (Å²) >= 11 is 5.95. The van der Waals surface area contributed by atoms with Crippen molar-refractivity contribution < 1.29 is 14.3 Å². The molecule has 2 aromatic carbocycles. The van der Waals surface area contributed by atoms with Crippen molar-refractivity contribution in [3.8, 4) is 5.75 Å². The van der Waals surface area contributed by atoms with Crippen molar-refractivity contribution in [1.29, 1.82) is 0 Å². The third-order valence-electron chi connectivity index (χ3n) is 4.25. The first-order valence-corrected chi connectivity index (χ1v) is 9.68. The summed E-state index contributed by atoms with van der Waals surface area (Å²) in [6.45, 7) is 7.62. The summed E-state index contributed by atoms with van der Waals surface area (Å²) in [5, 5.41) is 3.48. The Balaban J connectivity index is 2.12. The lowest BCUT2D eigenvalue weighted by Gasteiger charge is -2.29. The first-order valence-electron chi connectivity index (χ1n) is 9.30. The molecule has 0 aliphatic heterocycles. The quantitative estimate of drug-likeness (QED) is 0.726. The number of carbonyl (C=O) groups is 2. The van der Waals surface area contributed by atoms with E-state index in [4.69, 9.17) is 16.3 Å². The van der Waals surface area contributed by atoms with Gasteiger partial charge in [-0.15, -0.1) is 0 Å². The van der Waals surface area contributed by atoms with E-state index in [-0.39, 0.29) is 24.5 Å². The van der Waals surface area contributed by atoms with Crippen LogP contribution in [0.15, 0.2) is 48.5 Å². The molecule has 2 rings (SSSR count). The van der Waals surface area contributed by atoms with Crippen LogP contribution in [-0.4, -0.2) is 35.4 Å². The Morgan fingerprint density at radius 2 is 1.64 bits per heavy atom. The van der Waals surface area contributed by atoms with Crippen LogP contribution < -0.4 is 10.1 Å². The van der Waals surface area contributed by atoms with Crippen molar-refractivity contribution in [3.63, 3.8) is 0 Å². The van der Waals surface area contributed by atoms with Gasteiger partial charge in [-0.1, -0.05) is 41.4 Å². The fourth-order valence-electron chi connectivity index (χ4n) is 2.64. The normalized spacial score (nSPS) is 11.8. The van der Waals surface area contributed by atoms with E-state index in [1.807, 2.05) is 57.2 Å². The summed E-state index contributed by atoms with van der Waals surface area (Å²) in [7, 11) is 0. The maximum atomic E-state index is 12.9. The largest absolute Gasteiger partial charge is 0.484 e. The van der Waals surface area contributed by atoms with Gasteiger partial charge in [0.15, 0.2) is 6.61 Å². The minimum absolute atomic E-state index is 0.00811. The Morgan fingerprint density at radius 3 is 2.21 bits per heavy atom. The topological polar surface area (TPSA) is 58.6 Å². The van der Waals surface area contributed by atoms with Gasteiger partial charge in [-0.25, -0.2) is 0 Å². The molecule has 1 unspecified atom stereocenters. The van der Waals surface area contributed by atoms with Gasteiger partial charge in [0.25, 0.3) is 5.91 Å². The van der Waals surface area contributed by atoms with Gasteiger partial charge < -0.3 is 15.0 Å². The van der Waals surface area contributed by atoms with E-state index in [2.05, 4.69) is 5.32 Å². The summed E-state index contributed by atoms with van der Waals surface area (Å²) in [6.07, 6.45) is 0. The molecule has 1 atom stereocenters. The van der Waals surface area contributed by atoms with E-state index in [0.29, 0.717) is 17.3 Å². The molecule has 0 fully saturated rings. The predicted octanol–water partition coefficient (Wildman–Crippen LogP) is 3.97. The minimum Gasteiger partial charge on any atom is -0.484 e. The summed E-state index contributed by atoms with van der Waals surface area (Å²) < 4.78 is 5.63. The van der Waals surface area contributed by atoms with Gasteiger partial charge in [-0.3, -0.25) is 9.59 Å².